The first kappa shape index (κ1) is 66.8. The molecule has 0 spiro atoms. The summed E-state index contributed by atoms with van der Waals surface area (Å²) in [6, 6.07) is 139. The first-order valence-corrected chi connectivity index (χ1v) is 35.9. The Morgan fingerprint density at radius 2 is 0.462 bits per heavy atom. The summed E-state index contributed by atoms with van der Waals surface area (Å²) in [4.78, 5) is 9.36. The lowest BCUT2D eigenvalue weighted by atomic mass is 9.95. The molecular formula is C100H82N4. The number of anilines is 10. The van der Waals surface area contributed by atoms with Crippen molar-refractivity contribution in [1.29, 1.82) is 0 Å². The maximum atomic E-state index is 2.37. The fourth-order valence-corrected chi connectivity index (χ4v) is 14.1. The second-order valence-electron chi connectivity index (χ2n) is 27.0. The molecule has 0 heterocycles. The Morgan fingerprint density at radius 1 is 0.221 bits per heavy atom. The van der Waals surface area contributed by atoms with E-state index in [1.54, 1.807) is 0 Å². The molecule has 0 bridgehead atoms. The van der Waals surface area contributed by atoms with E-state index in [9.17, 15) is 0 Å². The maximum Gasteiger partial charge on any atom is 0.0485 e. The highest BCUT2D eigenvalue weighted by molar-refractivity contribution is 5.88. The highest BCUT2D eigenvalue weighted by Crippen LogP contribution is 2.42. The molecule has 15 rings (SSSR count). The fourth-order valence-electron chi connectivity index (χ4n) is 14.1. The van der Waals surface area contributed by atoms with E-state index in [2.05, 4.69) is 449 Å². The van der Waals surface area contributed by atoms with Crippen LogP contribution in [0.4, 0.5) is 56.9 Å². The van der Waals surface area contributed by atoms with Gasteiger partial charge in [0, 0.05) is 80.4 Å². The van der Waals surface area contributed by atoms with Gasteiger partial charge in [-0.2, -0.15) is 0 Å². The largest absolute Gasteiger partial charge is 0.316 e. The second kappa shape index (κ2) is 30.8. The molecule has 0 saturated carbocycles. The third-order valence-electron chi connectivity index (χ3n) is 19.6. The Morgan fingerprint density at radius 3 is 0.779 bits per heavy atom. The molecule has 15 aromatic rings. The van der Waals surface area contributed by atoms with Crippen LogP contribution in [0.2, 0.25) is 0 Å². The van der Waals surface area contributed by atoms with Gasteiger partial charge in [-0.15, -0.1) is 0 Å². The highest BCUT2D eigenvalue weighted by Gasteiger charge is 2.20. The van der Waals surface area contributed by atoms with Crippen LogP contribution < -0.4 is 19.6 Å². The van der Waals surface area contributed by atoms with Gasteiger partial charge in [0.2, 0.25) is 0 Å². The first-order valence-electron chi connectivity index (χ1n) is 35.9. The van der Waals surface area contributed by atoms with E-state index >= 15 is 0 Å². The van der Waals surface area contributed by atoms with Crippen LogP contribution in [0.1, 0.15) is 61.2 Å². The summed E-state index contributed by atoms with van der Waals surface area (Å²) >= 11 is 0. The molecule has 0 amide bonds. The molecule has 104 heavy (non-hydrogen) atoms. The number of benzene rings is 15. The molecule has 0 saturated heterocycles. The van der Waals surface area contributed by atoms with E-state index in [-0.39, 0.29) is 0 Å². The predicted octanol–water partition coefficient (Wildman–Crippen LogP) is 27.2. The first-order chi connectivity index (χ1) is 51.1. The van der Waals surface area contributed by atoms with Crippen molar-refractivity contribution in [2.75, 3.05) is 19.6 Å². The average molecular weight is 1340 g/mol. The summed E-state index contributed by atoms with van der Waals surface area (Å²) in [5.41, 5.74) is 33.5. The molecule has 0 atom stereocenters. The number of nitrogens with zero attached hydrogens (tertiary/aromatic N) is 4. The molecule has 0 aliphatic heterocycles. The van der Waals surface area contributed by atoms with Gasteiger partial charge in [0.1, 0.15) is 0 Å². The summed E-state index contributed by atoms with van der Waals surface area (Å²) in [7, 11) is 0. The number of hydrogen-bond donors (Lipinski definition) is 0. The van der Waals surface area contributed by atoms with Gasteiger partial charge in [-0.05, 0) is 228 Å². The monoisotopic (exact) mass is 1340 g/mol. The van der Waals surface area contributed by atoms with E-state index < -0.39 is 0 Å². The van der Waals surface area contributed by atoms with E-state index in [0.29, 0.717) is 0 Å². The van der Waals surface area contributed by atoms with Crippen molar-refractivity contribution in [3.05, 3.63) is 456 Å². The van der Waals surface area contributed by atoms with Gasteiger partial charge in [0.15, 0.2) is 0 Å². The standard InChI is InChI=1S/C100H82N4/c1-72-31-53-93(54-32-72)103(91-27-17-9-18-28-91)95-61-49-83(50-62-95)79-41-43-80(44-42-79)84-51-63-96(64-52-84)104(92-29-19-10-20-30-92)94-55-37-78(38-56-94)69-77-35-39-88(40-36-77)98(87-25-15-8-16-26-87)71-102(100-66-34-74(3)68-76(100)5)90-59-47-82(48-60-90)81-45-57-89(58-46-81)101(99-65-33-73(2)67-75(99)4)70-97(85-21-11-6-12-22-85)86-23-13-7-14-24-86/h6-68,70-71H,69H2,1-5H3/b98-71+. The van der Waals surface area contributed by atoms with Crippen molar-refractivity contribution >= 4 is 68.0 Å². The van der Waals surface area contributed by atoms with Gasteiger partial charge in [-0.3, -0.25) is 0 Å². The lowest BCUT2D eigenvalue weighted by molar-refractivity contribution is 1.18. The lowest BCUT2D eigenvalue weighted by Crippen LogP contribution is -2.12. The Balaban J connectivity index is 0.664. The van der Waals surface area contributed by atoms with Crippen molar-refractivity contribution in [2.24, 2.45) is 0 Å². The number of para-hydroxylation sites is 2. The molecule has 15 aromatic carbocycles. The third-order valence-corrected chi connectivity index (χ3v) is 19.6. The third kappa shape index (κ3) is 15.2. The van der Waals surface area contributed by atoms with Crippen molar-refractivity contribution in [2.45, 2.75) is 41.0 Å². The Hall–Kier alpha value is -13.0. The van der Waals surface area contributed by atoms with Crippen LogP contribution in [0.3, 0.4) is 0 Å². The van der Waals surface area contributed by atoms with Crippen molar-refractivity contribution < 1.29 is 0 Å². The molecule has 502 valence electrons. The van der Waals surface area contributed by atoms with Gasteiger partial charge in [0.25, 0.3) is 0 Å². The number of rotatable bonds is 21. The molecule has 0 radical (unpaired) electrons. The summed E-state index contributed by atoms with van der Waals surface area (Å²) in [6.07, 6.45) is 5.43. The van der Waals surface area contributed by atoms with Gasteiger partial charge in [-0.1, -0.05) is 290 Å². The number of hydrogen-bond acceptors (Lipinski definition) is 4. The fraction of sp³-hybridized carbons (Fsp3) is 0.0600. The summed E-state index contributed by atoms with van der Waals surface area (Å²) < 4.78 is 0. The lowest BCUT2D eigenvalue weighted by Gasteiger charge is -2.26. The van der Waals surface area contributed by atoms with Crippen LogP contribution in [-0.2, 0) is 6.42 Å². The van der Waals surface area contributed by atoms with Gasteiger partial charge in [-0.25, -0.2) is 0 Å². The summed E-state index contributed by atoms with van der Waals surface area (Å²) in [6.45, 7) is 10.9. The smallest absolute Gasteiger partial charge is 0.0485 e. The predicted molar refractivity (Wildman–Crippen MR) is 442 cm³/mol. The quantitative estimate of drug-likeness (QED) is 0.0711. The van der Waals surface area contributed by atoms with E-state index in [1.165, 1.54) is 61.2 Å². The van der Waals surface area contributed by atoms with E-state index in [1.807, 2.05) is 0 Å². The van der Waals surface area contributed by atoms with Crippen LogP contribution in [0.5, 0.6) is 0 Å². The second-order valence-corrected chi connectivity index (χ2v) is 27.0. The highest BCUT2D eigenvalue weighted by atomic mass is 15.2. The van der Waals surface area contributed by atoms with Crippen LogP contribution in [0.15, 0.2) is 395 Å². The molecule has 0 aliphatic rings. The Bertz CT molecular complexity index is 5370. The van der Waals surface area contributed by atoms with Gasteiger partial charge in [0.05, 0.1) is 0 Å². The molecule has 0 aromatic heterocycles. The van der Waals surface area contributed by atoms with Gasteiger partial charge < -0.3 is 19.6 Å². The van der Waals surface area contributed by atoms with Crippen molar-refractivity contribution in [3.8, 4) is 33.4 Å². The SMILES string of the molecule is Cc1ccc(N(c2ccccc2)c2ccc(-c3ccc(-c4ccc(N(c5ccccc5)c5ccc(Cc6ccc(/C(=C/N(c7ccc(-c8ccc(N(C=C(c9ccccc9)c9ccccc9)c9ccc(C)cc9C)cc8)cc7)c7ccc(C)cc7C)c7ccccc7)cc6)cc5)cc4)cc3)cc2)cc1. The Kier molecular flexibility index (Phi) is 19.8. The summed E-state index contributed by atoms with van der Waals surface area (Å²) in [5, 5.41) is 0. The van der Waals surface area contributed by atoms with Crippen LogP contribution >= 0.6 is 0 Å². The molecule has 0 fully saturated rings. The zero-order valence-corrected chi connectivity index (χ0v) is 59.5. The zero-order chi connectivity index (χ0) is 70.7. The van der Waals surface area contributed by atoms with Gasteiger partial charge >= 0.3 is 0 Å². The van der Waals surface area contributed by atoms with Crippen molar-refractivity contribution in [1.82, 2.24) is 0 Å². The Labute approximate surface area is 614 Å². The molecule has 4 nitrogen and oxygen atoms in total. The average Bonchev–Trinajstić information content (AvgIpc) is 0.811. The van der Waals surface area contributed by atoms with Crippen molar-refractivity contribution in [3.63, 3.8) is 0 Å². The maximum absolute atomic E-state index is 2.37. The van der Waals surface area contributed by atoms with E-state index in [0.717, 1.165) is 108 Å². The topological polar surface area (TPSA) is 13.0 Å². The minimum atomic E-state index is 0.797. The molecule has 4 heteroatoms. The van der Waals surface area contributed by atoms with Crippen LogP contribution in [0.25, 0.3) is 44.5 Å². The zero-order valence-electron chi connectivity index (χ0n) is 59.5. The normalized spacial score (nSPS) is 11.2. The summed E-state index contributed by atoms with van der Waals surface area (Å²) in [5.74, 6) is 0. The molecule has 0 aliphatic carbocycles. The molecule has 0 unspecified atom stereocenters. The molecular weight excluding hydrogens is 1260 g/mol. The number of aryl methyl sites for hydroxylation is 5. The van der Waals surface area contributed by atoms with E-state index in [4.69, 9.17) is 0 Å². The minimum absolute atomic E-state index is 0.797. The minimum Gasteiger partial charge on any atom is -0.316 e. The molecule has 0 N–H and O–H groups in total. The van der Waals surface area contributed by atoms with Crippen LogP contribution in [-0.4, -0.2) is 0 Å². The van der Waals surface area contributed by atoms with Crippen LogP contribution in [0, 0.1) is 34.6 Å².